The van der Waals surface area contributed by atoms with Crippen molar-refractivity contribution in [2.45, 2.75) is 6.42 Å². The quantitative estimate of drug-likeness (QED) is 0.830. The Morgan fingerprint density at radius 2 is 2.00 bits per heavy atom. The molecule has 5 nitrogen and oxygen atoms in total. The van der Waals surface area contributed by atoms with E-state index in [-0.39, 0.29) is 24.2 Å². The molecule has 2 aliphatic rings. The van der Waals surface area contributed by atoms with Gasteiger partial charge in [-0.1, -0.05) is 29.8 Å². The zero-order chi connectivity index (χ0) is 17.4. The first-order valence-electron chi connectivity index (χ1n) is 8.22. The van der Waals surface area contributed by atoms with Gasteiger partial charge in [0.2, 0.25) is 11.8 Å². The summed E-state index contributed by atoms with van der Waals surface area (Å²) >= 11 is 6.02. The van der Waals surface area contributed by atoms with E-state index in [1.807, 2.05) is 30.3 Å². The maximum absolute atomic E-state index is 13.0. The number of para-hydroxylation sites is 2. The molecule has 0 aliphatic carbocycles. The van der Waals surface area contributed by atoms with Gasteiger partial charge in [-0.05, 0) is 30.3 Å². The molecule has 0 aromatic heterocycles. The van der Waals surface area contributed by atoms with Crippen LogP contribution in [0.1, 0.15) is 6.42 Å². The Morgan fingerprint density at radius 3 is 2.84 bits per heavy atom. The first-order valence-corrected chi connectivity index (χ1v) is 8.60. The molecular weight excluding hydrogens is 340 g/mol. The van der Waals surface area contributed by atoms with Crippen LogP contribution < -0.4 is 14.5 Å². The highest BCUT2D eigenvalue weighted by atomic mass is 35.5. The first kappa shape index (κ1) is 16.0. The third-order valence-electron chi connectivity index (χ3n) is 4.59. The van der Waals surface area contributed by atoms with Gasteiger partial charge in [-0.3, -0.25) is 9.59 Å². The summed E-state index contributed by atoms with van der Waals surface area (Å²) in [6, 6.07) is 14.6. The normalized spacial score (nSPS) is 19.6. The summed E-state index contributed by atoms with van der Waals surface area (Å²) in [5.41, 5.74) is 1.50. The van der Waals surface area contributed by atoms with Crippen LogP contribution in [0.15, 0.2) is 48.5 Å². The van der Waals surface area contributed by atoms with E-state index in [9.17, 15) is 9.59 Å². The van der Waals surface area contributed by atoms with Crippen molar-refractivity contribution in [1.29, 1.82) is 0 Å². The minimum absolute atomic E-state index is 0.0337. The molecule has 4 rings (SSSR count). The number of fused-ring (bicyclic) bond motifs is 1. The van der Waals surface area contributed by atoms with Gasteiger partial charge in [-0.2, -0.15) is 0 Å². The van der Waals surface area contributed by atoms with Crippen LogP contribution in [0.5, 0.6) is 5.75 Å². The predicted molar refractivity (Wildman–Crippen MR) is 96.2 cm³/mol. The Balaban J connectivity index is 1.56. The molecule has 1 saturated heterocycles. The second-order valence-corrected chi connectivity index (χ2v) is 6.63. The fourth-order valence-electron chi connectivity index (χ4n) is 3.39. The van der Waals surface area contributed by atoms with E-state index in [1.54, 1.807) is 28.0 Å². The number of halogens is 1. The molecule has 2 aliphatic heterocycles. The van der Waals surface area contributed by atoms with Crippen molar-refractivity contribution in [3.63, 3.8) is 0 Å². The summed E-state index contributed by atoms with van der Waals surface area (Å²) in [5.74, 6) is 0.256. The van der Waals surface area contributed by atoms with Gasteiger partial charge in [0.25, 0.3) is 0 Å². The van der Waals surface area contributed by atoms with Crippen LogP contribution in [0, 0.1) is 5.92 Å². The van der Waals surface area contributed by atoms with Crippen LogP contribution in [-0.4, -0.2) is 31.5 Å². The van der Waals surface area contributed by atoms with E-state index >= 15 is 0 Å². The monoisotopic (exact) mass is 356 g/mol. The molecule has 0 bridgehead atoms. The maximum Gasteiger partial charge on any atom is 0.232 e. The number of carbonyl (C=O) groups excluding carboxylic acids is 2. The molecule has 2 heterocycles. The van der Waals surface area contributed by atoms with Gasteiger partial charge in [0.05, 0.1) is 18.2 Å². The van der Waals surface area contributed by atoms with Gasteiger partial charge >= 0.3 is 0 Å². The lowest BCUT2D eigenvalue weighted by atomic mass is 10.1. The van der Waals surface area contributed by atoms with E-state index in [2.05, 4.69) is 0 Å². The van der Waals surface area contributed by atoms with Crippen molar-refractivity contribution in [3.8, 4) is 5.75 Å². The molecule has 0 radical (unpaired) electrons. The number of benzene rings is 2. The molecule has 0 spiro atoms. The van der Waals surface area contributed by atoms with E-state index in [0.29, 0.717) is 30.5 Å². The van der Waals surface area contributed by atoms with Gasteiger partial charge < -0.3 is 14.5 Å². The molecule has 0 N–H and O–H groups in total. The third-order valence-corrected chi connectivity index (χ3v) is 4.82. The highest BCUT2D eigenvalue weighted by Gasteiger charge is 2.38. The zero-order valence-electron chi connectivity index (χ0n) is 13.5. The van der Waals surface area contributed by atoms with Crippen molar-refractivity contribution < 1.29 is 14.3 Å². The second-order valence-electron chi connectivity index (χ2n) is 6.19. The molecule has 2 amide bonds. The van der Waals surface area contributed by atoms with E-state index in [4.69, 9.17) is 16.3 Å². The first-order chi connectivity index (χ1) is 12.1. The smallest absolute Gasteiger partial charge is 0.232 e. The highest BCUT2D eigenvalue weighted by molar-refractivity contribution is 6.31. The Morgan fingerprint density at radius 1 is 1.16 bits per heavy atom. The Labute approximate surface area is 150 Å². The molecule has 128 valence electrons. The molecule has 0 unspecified atom stereocenters. The molecular formula is C19H17ClN2O3. The number of ether oxygens (including phenoxy) is 1. The molecule has 6 heteroatoms. The molecule has 1 fully saturated rings. The lowest BCUT2D eigenvalue weighted by Crippen LogP contribution is -2.42. The van der Waals surface area contributed by atoms with Crippen molar-refractivity contribution in [2.24, 2.45) is 5.92 Å². The lowest BCUT2D eigenvalue weighted by Gasteiger charge is -2.31. The van der Waals surface area contributed by atoms with Crippen molar-refractivity contribution >= 4 is 34.8 Å². The van der Waals surface area contributed by atoms with Crippen LogP contribution in [0.25, 0.3) is 0 Å². The molecule has 25 heavy (non-hydrogen) atoms. The third kappa shape index (κ3) is 2.96. The standard InChI is InChI=1S/C19H17ClN2O3/c20-14-4-3-5-15(11-14)22-12-13(10-18(22)23)19(24)21-8-9-25-17-7-2-1-6-16(17)21/h1-7,11,13H,8-10,12H2/t13-/m0/s1. The number of nitrogens with zero attached hydrogens (tertiary/aromatic N) is 2. The summed E-state index contributed by atoms with van der Waals surface area (Å²) in [6.07, 6.45) is 0.213. The summed E-state index contributed by atoms with van der Waals surface area (Å²) in [5, 5.41) is 0.571. The van der Waals surface area contributed by atoms with Crippen molar-refractivity contribution in [2.75, 3.05) is 29.5 Å². The van der Waals surface area contributed by atoms with Gasteiger partial charge in [0.15, 0.2) is 0 Å². The van der Waals surface area contributed by atoms with Gasteiger partial charge in [0.1, 0.15) is 12.4 Å². The minimum atomic E-state index is -0.363. The number of hydrogen-bond acceptors (Lipinski definition) is 3. The van der Waals surface area contributed by atoms with E-state index < -0.39 is 0 Å². The summed E-state index contributed by atoms with van der Waals surface area (Å²) < 4.78 is 5.61. The molecule has 0 saturated carbocycles. The minimum Gasteiger partial charge on any atom is -0.490 e. The topological polar surface area (TPSA) is 49.9 Å². The van der Waals surface area contributed by atoms with Crippen molar-refractivity contribution in [1.82, 2.24) is 0 Å². The molecule has 2 aromatic rings. The van der Waals surface area contributed by atoms with Gasteiger partial charge in [0, 0.05) is 23.7 Å². The summed E-state index contributed by atoms with van der Waals surface area (Å²) in [4.78, 5) is 28.8. The number of amides is 2. The van der Waals surface area contributed by atoms with Crippen LogP contribution in [0.2, 0.25) is 5.02 Å². The lowest BCUT2D eigenvalue weighted by molar-refractivity contribution is -0.124. The SMILES string of the molecule is O=C1C[C@H](C(=O)N2CCOc3ccccc32)CN1c1cccc(Cl)c1. The van der Waals surface area contributed by atoms with E-state index in [0.717, 1.165) is 11.4 Å². The Hall–Kier alpha value is -2.53. The van der Waals surface area contributed by atoms with Crippen LogP contribution in [0.3, 0.4) is 0 Å². The Kier molecular flexibility index (Phi) is 4.09. The zero-order valence-corrected chi connectivity index (χ0v) is 14.3. The maximum atomic E-state index is 13.0. The van der Waals surface area contributed by atoms with Crippen LogP contribution >= 0.6 is 11.6 Å². The average molecular weight is 357 g/mol. The predicted octanol–water partition coefficient (Wildman–Crippen LogP) is 3.12. The fraction of sp³-hybridized carbons (Fsp3) is 0.263. The molecule has 2 aromatic carbocycles. The largest absolute Gasteiger partial charge is 0.490 e. The summed E-state index contributed by atoms with van der Waals surface area (Å²) in [7, 11) is 0. The number of anilines is 2. The fourth-order valence-corrected chi connectivity index (χ4v) is 3.57. The van der Waals surface area contributed by atoms with Gasteiger partial charge in [-0.25, -0.2) is 0 Å². The number of rotatable bonds is 2. The second kappa shape index (κ2) is 6.41. The highest BCUT2D eigenvalue weighted by Crippen LogP contribution is 2.34. The molecule has 1 atom stereocenters. The number of hydrogen-bond donors (Lipinski definition) is 0. The number of carbonyl (C=O) groups is 2. The summed E-state index contributed by atoms with van der Waals surface area (Å²) in [6.45, 7) is 1.33. The van der Waals surface area contributed by atoms with Crippen LogP contribution in [-0.2, 0) is 9.59 Å². The van der Waals surface area contributed by atoms with Crippen molar-refractivity contribution in [3.05, 3.63) is 53.6 Å². The average Bonchev–Trinajstić information content (AvgIpc) is 3.02. The van der Waals surface area contributed by atoms with E-state index in [1.165, 1.54) is 0 Å². The van der Waals surface area contributed by atoms with Gasteiger partial charge in [-0.15, -0.1) is 0 Å². The Bertz CT molecular complexity index is 839. The van der Waals surface area contributed by atoms with Crippen LogP contribution in [0.4, 0.5) is 11.4 Å².